The number of sulfonamides is 1. The van der Waals surface area contributed by atoms with Gasteiger partial charge in [-0.25, -0.2) is 13.1 Å². The van der Waals surface area contributed by atoms with Crippen LogP contribution in [0.1, 0.15) is 29.2 Å². The second-order valence-electron chi connectivity index (χ2n) is 5.79. The molecule has 4 nitrogen and oxygen atoms in total. The minimum absolute atomic E-state index is 0.104. The van der Waals surface area contributed by atoms with Crippen molar-refractivity contribution in [2.75, 3.05) is 12.9 Å². The fourth-order valence-corrected chi connectivity index (χ4v) is 4.41. The lowest BCUT2D eigenvalue weighted by Crippen LogP contribution is -2.30. The van der Waals surface area contributed by atoms with Gasteiger partial charge in [0, 0.05) is 6.04 Å². The topological polar surface area (TPSA) is 55.4 Å². The molecule has 0 saturated heterocycles. The smallest absolute Gasteiger partial charge is 0.212 e. The van der Waals surface area contributed by atoms with Gasteiger partial charge in [-0.3, -0.25) is 0 Å². The molecular weight excluding hydrogens is 310 g/mol. The van der Waals surface area contributed by atoms with Crippen molar-refractivity contribution >= 4 is 10.0 Å². The van der Waals surface area contributed by atoms with E-state index in [9.17, 15) is 8.42 Å². The molecule has 1 aliphatic carbocycles. The van der Waals surface area contributed by atoms with Crippen molar-refractivity contribution in [1.82, 2.24) is 4.72 Å². The first-order valence-electron chi connectivity index (χ1n) is 7.79. The van der Waals surface area contributed by atoms with Crippen LogP contribution in [0.25, 0.3) is 0 Å². The Morgan fingerprint density at radius 2 is 1.91 bits per heavy atom. The molecule has 2 aromatic rings. The molecule has 122 valence electrons. The van der Waals surface area contributed by atoms with E-state index in [1.54, 1.807) is 7.11 Å². The van der Waals surface area contributed by atoms with E-state index in [2.05, 4.69) is 4.72 Å². The predicted molar refractivity (Wildman–Crippen MR) is 91.1 cm³/mol. The van der Waals surface area contributed by atoms with Gasteiger partial charge >= 0.3 is 0 Å². The highest BCUT2D eigenvalue weighted by molar-refractivity contribution is 7.89. The van der Waals surface area contributed by atoms with Gasteiger partial charge in [0.05, 0.1) is 12.9 Å². The number of hydrogen-bond acceptors (Lipinski definition) is 3. The molecule has 0 aliphatic heterocycles. The van der Waals surface area contributed by atoms with Crippen LogP contribution in [-0.2, 0) is 22.9 Å². The maximum atomic E-state index is 12.4. The first-order chi connectivity index (χ1) is 11.1. The lowest BCUT2D eigenvalue weighted by atomic mass is 10.1. The lowest BCUT2D eigenvalue weighted by molar-refractivity contribution is 0.410. The van der Waals surface area contributed by atoms with Crippen LogP contribution in [0.15, 0.2) is 48.5 Å². The van der Waals surface area contributed by atoms with Gasteiger partial charge in [0.1, 0.15) is 5.75 Å². The van der Waals surface area contributed by atoms with Crippen LogP contribution in [0.2, 0.25) is 0 Å². The average molecular weight is 331 g/mol. The number of hydrogen-bond donors (Lipinski definition) is 1. The van der Waals surface area contributed by atoms with E-state index >= 15 is 0 Å². The molecule has 2 aromatic carbocycles. The first-order valence-corrected chi connectivity index (χ1v) is 9.44. The van der Waals surface area contributed by atoms with Gasteiger partial charge < -0.3 is 4.74 Å². The quantitative estimate of drug-likeness (QED) is 0.885. The summed E-state index contributed by atoms with van der Waals surface area (Å²) < 4.78 is 33.0. The van der Waals surface area contributed by atoms with Crippen molar-refractivity contribution in [2.45, 2.75) is 25.3 Å². The molecule has 1 atom stereocenters. The van der Waals surface area contributed by atoms with Crippen molar-refractivity contribution in [3.63, 3.8) is 0 Å². The highest BCUT2D eigenvalue weighted by Gasteiger charge is 2.28. The van der Waals surface area contributed by atoms with Crippen molar-refractivity contribution < 1.29 is 13.2 Å². The van der Waals surface area contributed by atoms with Crippen LogP contribution >= 0.6 is 0 Å². The number of benzene rings is 2. The van der Waals surface area contributed by atoms with Crippen LogP contribution in [0, 0.1) is 0 Å². The van der Waals surface area contributed by atoms with E-state index in [0.29, 0.717) is 6.42 Å². The summed E-state index contributed by atoms with van der Waals surface area (Å²) in [5, 5.41) is 0. The van der Waals surface area contributed by atoms with Crippen LogP contribution in [0.5, 0.6) is 5.75 Å². The Hall–Kier alpha value is -1.85. The molecule has 0 heterocycles. The van der Waals surface area contributed by atoms with Crippen molar-refractivity contribution in [3.05, 3.63) is 65.2 Å². The Morgan fingerprint density at radius 3 is 2.65 bits per heavy atom. The van der Waals surface area contributed by atoms with E-state index in [1.807, 2.05) is 48.5 Å². The SMILES string of the molecule is COc1cccc2c1CCC2NS(=O)(=O)CCc1ccccc1. The standard InChI is InChI=1S/C18H21NO3S/c1-22-18-9-5-8-15-16(18)10-11-17(15)19-23(20,21)13-12-14-6-3-2-4-7-14/h2-9,17,19H,10-13H2,1H3. The number of ether oxygens (including phenoxy) is 1. The molecule has 0 fully saturated rings. The van der Waals surface area contributed by atoms with Gasteiger partial charge in [-0.05, 0) is 42.0 Å². The fourth-order valence-electron chi connectivity index (χ4n) is 3.11. The minimum atomic E-state index is -3.32. The normalized spacial score (nSPS) is 17.0. The molecule has 0 amide bonds. The van der Waals surface area contributed by atoms with E-state index in [0.717, 1.165) is 35.3 Å². The van der Waals surface area contributed by atoms with Crippen LogP contribution in [0.4, 0.5) is 0 Å². The fraction of sp³-hybridized carbons (Fsp3) is 0.333. The van der Waals surface area contributed by atoms with Crippen LogP contribution in [0.3, 0.4) is 0 Å². The molecule has 5 heteroatoms. The first kappa shape index (κ1) is 16.0. The summed E-state index contributed by atoms with van der Waals surface area (Å²) in [6.07, 6.45) is 2.14. The zero-order valence-electron chi connectivity index (χ0n) is 13.2. The summed E-state index contributed by atoms with van der Waals surface area (Å²) in [6, 6.07) is 15.3. The zero-order valence-corrected chi connectivity index (χ0v) is 14.0. The Bertz CT molecular complexity index is 772. The van der Waals surface area contributed by atoms with E-state index in [4.69, 9.17) is 4.74 Å². The van der Waals surface area contributed by atoms with Crippen molar-refractivity contribution in [3.8, 4) is 5.75 Å². The maximum absolute atomic E-state index is 12.4. The summed E-state index contributed by atoms with van der Waals surface area (Å²) in [5.41, 5.74) is 3.18. The predicted octanol–water partition coefficient (Wildman–Crippen LogP) is 2.84. The second kappa shape index (κ2) is 6.72. The Labute approximate surface area is 137 Å². The highest BCUT2D eigenvalue weighted by atomic mass is 32.2. The molecule has 0 aromatic heterocycles. The second-order valence-corrected chi connectivity index (χ2v) is 7.67. The molecule has 0 bridgehead atoms. The van der Waals surface area contributed by atoms with Gasteiger partial charge in [-0.1, -0.05) is 42.5 Å². The zero-order chi connectivity index (χ0) is 16.3. The number of nitrogens with one attached hydrogen (secondary N) is 1. The van der Waals surface area contributed by atoms with E-state index in [1.165, 1.54) is 0 Å². The number of rotatable bonds is 6. The van der Waals surface area contributed by atoms with Crippen molar-refractivity contribution in [1.29, 1.82) is 0 Å². The average Bonchev–Trinajstić information content (AvgIpc) is 2.96. The van der Waals surface area contributed by atoms with Gasteiger partial charge in [-0.2, -0.15) is 0 Å². The summed E-state index contributed by atoms with van der Waals surface area (Å²) in [7, 11) is -1.67. The minimum Gasteiger partial charge on any atom is -0.496 e. The molecule has 1 unspecified atom stereocenters. The molecule has 1 aliphatic rings. The van der Waals surface area contributed by atoms with Gasteiger partial charge in [0.2, 0.25) is 10.0 Å². The molecule has 0 radical (unpaired) electrons. The van der Waals surface area contributed by atoms with E-state index in [-0.39, 0.29) is 11.8 Å². The summed E-state index contributed by atoms with van der Waals surface area (Å²) >= 11 is 0. The molecular formula is C18H21NO3S. The van der Waals surface area contributed by atoms with Crippen LogP contribution < -0.4 is 9.46 Å². The molecule has 0 spiro atoms. The molecule has 0 saturated carbocycles. The Balaban J connectivity index is 1.68. The summed E-state index contributed by atoms with van der Waals surface area (Å²) in [6.45, 7) is 0. The number of aryl methyl sites for hydroxylation is 1. The van der Waals surface area contributed by atoms with Gasteiger partial charge in [0.15, 0.2) is 0 Å². The largest absolute Gasteiger partial charge is 0.496 e. The third kappa shape index (κ3) is 3.74. The molecule has 23 heavy (non-hydrogen) atoms. The summed E-state index contributed by atoms with van der Waals surface area (Å²) in [5.74, 6) is 0.945. The third-order valence-electron chi connectivity index (χ3n) is 4.27. The highest BCUT2D eigenvalue weighted by Crippen LogP contribution is 2.37. The number of methoxy groups -OCH3 is 1. The maximum Gasteiger partial charge on any atom is 0.212 e. The summed E-state index contributed by atoms with van der Waals surface area (Å²) in [4.78, 5) is 0. The van der Waals surface area contributed by atoms with Crippen LogP contribution in [-0.4, -0.2) is 21.3 Å². The molecule has 1 N–H and O–H groups in total. The van der Waals surface area contributed by atoms with Gasteiger partial charge in [-0.15, -0.1) is 0 Å². The molecule has 3 rings (SSSR count). The van der Waals surface area contributed by atoms with Crippen molar-refractivity contribution in [2.24, 2.45) is 0 Å². The number of fused-ring (bicyclic) bond motifs is 1. The Kier molecular flexibility index (Phi) is 4.68. The van der Waals surface area contributed by atoms with Gasteiger partial charge in [0.25, 0.3) is 0 Å². The third-order valence-corrected chi connectivity index (χ3v) is 5.66. The lowest BCUT2D eigenvalue weighted by Gasteiger charge is -2.15. The Morgan fingerprint density at radius 1 is 1.13 bits per heavy atom. The van der Waals surface area contributed by atoms with E-state index < -0.39 is 10.0 Å². The monoisotopic (exact) mass is 331 g/mol.